The third-order valence-corrected chi connectivity index (χ3v) is 7.65. The maximum absolute atomic E-state index is 12.5. The molecule has 0 bridgehead atoms. The molecule has 1 aliphatic carbocycles. The van der Waals surface area contributed by atoms with E-state index in [4.69, 9.17) is 9.47 Å². The van der Waals surface area contributed by atoms with Gasteiger partial charge in [-0.3, -0.25) is 10.1 Å². The smallest absolute Gasteiger partial charge is 0.412 e. The van der Waals surface area contributed by atoms with Crippen molar-refractivity contribution < 1.29 is 19.1 Å². The fourth-order valence-electron chi connectivity index (χ4n) is 4.54. The van der Waals surface area contributed by atoms with Crippen molar-refractivity contribution in [2.45, 2.75) is 38.2 Å². The zero-order valence-corrected chi connectivity index (χ0v) is 21.7. The largest absolute Gasteiger partial charge is 0.465 e. The third kappa shape index (κ3) is 5.30. The summed E-state index contributed by atoms with van der Waals surface area (Å²) in [5.74, 6) is -0.120. The monoisotopic (exact) mass is 511 g/mol. The standard InChI is InChI=1S/C31H29NO4S/c1-3-35-29(33)31(18-19-31)26-15-13-24(14-16-26)23-9-11-25(12-10-23)27-17-20-37-28(27)32-30(34)36-21(2)22-7-5-4-6-8-22/h4-17,20-21H,3,18-19H2,1-2H3,(H,32,34)/t21-/m1/s1. The van der Waals surface area contributed by atoms with Crippen molar-refractivity contribution in [3.63, 3.8) is 0 Å². The Morgan fingerprint density at radius 3 is 2.14 bits per heavy atom. The molecule has 1 heterocycles. The van der Waals surface area contributed by atoms with Crippen LogP contribution in [0.1, 0.15) is 43.9 Å². The summed E-state index contributed by atoms with van der Waals surface area (Å²) in [4.78, 5) is 24.9. The van der Waals surface area contributed by atoms with Crippen molar-refractivity contribution in [1.82, 2.24) is 0 Å². The lowest BCUT2D eigenvalue weighted by Crippen LogP contribution is -2.23. The van der Waals surface area contributed by atoms with Crippen LogP contribution in [0.15, 0.2) is 90.3 Å². The predicted molar refractivity (Wildman–Crippen MR) is 148 cm³/mol. The molecule has 0 radical (unpaired) electrons. The fraction of sp³-hybridized carbons (Fsp3) is 0.226. The van der Waals surface area contributed by atoms with Gasteiger partial charge in [0.2, 0.25) is 0 Å². The molecule has 37 heavy (non-hydrogen) atoms. The fourth-order valence-corrected chi connectivity index (χ4v) is 5.33. The van der Waals surface area contributed by atoms with E-state index in [9.17, 15) is 9.59 Å². The number of hydrogen-bond donors (Lipinski definition) is 1. The van der Waals surface area contributed by atoms with Gasteiger partial charge in [0.25, 0.3) is 0 Å². The molecule has 1 fully saturated rings. The molecule has 1 N–H and O–H groups in total. The zero-order chi connectivity index (χ0) is 25.8. The molecule has 0 unspecified atom stereocenters. The topological polar surface area (TPSA) is 64.6 Å². The van der Waals surface area contributed by atoms with Gasteiger partial charge in [0.15, 0.2) is 0 Å². The summed E-state index contributed by atoms with van der Waals surface area (Å²) < 4.78 is 10.9. The Morgan fingerprint density at radius 1 is 0.892 bits per heavy atom. The first kappa shape index (κ1) is 24.8. The lowest BCUT2D eigenvalue weighted by molar-refractivity contribution is -0.146. The molecule has 4 aromatic rings. The Morgan fingerprint density at radius 2 is 1.51 bits per heavy atom. The van der Waals surface area contributed by atoms with Gasteiger partial charge in [0.05, 0.1) is 12.0 Å². The molecule has 5 nitrogen and oxygen atoms in total. The summed E-state index contributed by atoms with van der Waals surface area (Å²) in [7, 11) is 0. The van der Waals surface area contributed by atoms with E-state index < -0.39 is 11.5 Å². The van der Waals surface area contributed by atoms with E-state index in [0.717, 1.165) is 51.2 Å². The molecule has 1 aliphatic rings. The van der Waals surface area contributed by atoms with Crippen LogP contribution in [0, 0.1) is 0 Å². The van der Waals surface area contributed by atoms with Crippen LogP contribution in [0.25, 0.3) is 22.3 Å². The number of ether oxygens (including phenoxy) is 2. The number of benzene rings is 3. The SMILES string of the molecule is CCOC(=O)C1(c2ccc(-c3ccc(-c4ccsc4NC(=O)O[C@H](C)c4ccccc4)cc3)cc2)CC1. The van der Waals surface area contributed by atoms with Crippen molar-refractivity contribution in [3.05, 3.63) is 101 Å². The minimum Gasteiger partial charge on any atom is -0.465 e. The summed E-state index contributed by atoms with van der Waals surface area (Å²) in [6.45, 7) is 4.10. The second kappa shape index (κ2) is 10.6. The Kier molecular flexibility index (Phi) is 7.10. The summed E-state index contributed by atoms with van der Waals surface area (Å²) in [5, 5.41) is 5.60. The third-order valence-electron chi connectivity index (χ3n) is 6.82. The molecular formula is C31H29NO4S. The molecule has 6 heteroatoms. The number of anilines is 1. The second-order valence-electron chi connectivity index (χ2n) is 9.20. The van der Waals surface area contributed by atoms with Gasteiger partial charge >= 0.3 is 12.1 Å². The van der Waals surface area contributed by atoms with Crippen LogP contribution < -0.4 is 5.32 Å². The van der Waals surface area contributed by atoms with Crippen LogP contribution in [0.3, 0.4) is 0 Å². The molecule has 1 saturated carbocycles. The molecule has 188 valence electrons. The van der Waals surface area contributed by atoms with Crippen molar-refractivity contribution in [2.24, 2.45) is 0 Å². The first-order chi connectivity index (χ1) is 18.0. The van der Waals surface area contributed by atoms with Gasteiger partial charge in [-0.05, 0) is 66.0 Å². The quantitative estimate of drug-likeness (QED) is 0.244. The lowest BCUT2D eigenvalue weighted by Gasteiger charge is -2.15. The van der Waals surface area contributed by atoms with Crippen molar-refractivity contribution in [3.8, 4) is 22.3 Å². The van der Waals surface area contributed by atoms with Crippen LogP contribution in [0.5, 0.6) is 0 Å². The number of esters is 1. The average Bonchev–Trinajstić information content (AvgIpc) is 3.62. The van der Waals surface area contributed by atoms with Crippen molar-refractivity contribution >= 4 is 28.4 Å². The number of thiophene rings is 1. The molecule has 0 saturated heterocycles. The molecular weight excluding hydrogens is 482 g/mol. The Bertz CT molecular complexity index is 1370. The van der Waals surface area contributed by atoms with Gasteiger partial charge in [0.1, 0.15) is 11.1 Å². The Labute approximate surface area is 221 Å². The van der Waals surface area contributed by atoms with Gasteiger partial charge in [-0.25, -0.2) is 4.79 Å². The van der Waals surface area contributed by atoms with E-state index in [1.807, 2.05) is 67.8 Å². The molecule has 1 atom stereocenters. The van der Waals surface area contributed by atoms with Crippen molar-refractivity contribution in [2.75, 3.05) is 11.9 Å². The predicted octanol–water partition coefficient (Wildman–Crippen LogP) is 7.99. The van der Waals surface area contributed by atoms with E-state index in [1.165, 1.54) is 11.3 Å². The van der Waals surface area contributed by atoms with Gasteiger partial charge in [-0.1, -0.05) is 78.9 Å². The zero-order valence-electron chi connectivity index (χ0n) is 20.9. The number of rotatable bonds is 8. The Balaban J connectivity index is 1.26. The van der Waals surface area contributed by atoms with E-state index in [0.29, 0.717) is 6.61 Å². The molecule has 1 aromatic heterocycles. The summed E-state index contributed by atoms with van der Waals surface area (Å²) in [5.41, 5.74) is 5.62. The minimum absolute atomic E-state index is 0.120. The van der Waals surface area contributed by atoms with Gasteiger partial charge in [-0.2, -0.15) is 0 Å². The molecule has 1 amide bonds. The summed E-state index contributed by atoms with van der Waals surface area (Å²) in [6, 6.07) is 28.1. The highest BCUT2D eigenvalue weighted by Crippen LogP contribution is 2.49. The number of nitrogens with one attached hydrogen (secondary N) is 1. The number of carbonyl (C=O) groups is 2. The molecule has 3 aromatic carbocycles. The van der Waals surface area contributed by atoms with Crippen LogP contribution in [0.4, 0.5) is 9.80 Å². The number of amides is 1. The highest BCUT2D eigenvalue weighted by molar-refractivity contribution is 7.15. The summed E-state index contributed by atoms with van der Waals surface area (Å²) in [6.07, 6.45) is 0.862. The van der Waals surface area contributed by atoms with Crippen LogP contribution in [0.2, 0.25) is 0 Å². The first-order valence-corrected chi connectivity index (χ1v) is 13.4. The number of carbonyl (C=O) groups excluding carboxylic acids is 2. The van der Waals surface area contributed by atoms with E-state index in [2.05, 4.69) is 41.7 Å². The van der Waals surface area contributed by atoms with Crippen molar-refractivity contribution in [1.29, 1.82) is 0 Å². The minimum atomic E-state index is -0.479. The van der Waals surface area contributed by atoms with Crippen LogP contribution >= 0.6 is 11.3 Å². The van der Waals surface area contributed by atoms with E-state index in [-0.39, 0.29) is 12.1 Å². The Hall–Kier alpha value is -3.90. The van der Waals surface area contributed by atoms with E-state index >= 15 is 0 Å². The van der Waals surface area contributed by atoms with Gasteiger partial charge < -0.3 is 9.47 Å². The van der Waals surface area contributed by atoms with E-state index in [1.54, 1.807) is 0 Å². The maximum atomic E-state index is 12.5. The van der Waals surface area contributed by atoms with Gasteiger partial charge in [-0.15, -0.1) is 11.3 Å². The highest BCUT2D eigenvalue weighted by atomic mass is 32.1. The maximum Gasteiger partial charge on any atom is 0.412 e. The summed E-state index contributed by atoms with van der Waals surface area (Å²) >= 11 is 1.46. The van der Waals surface area contributed by atoms with Gasteiger partial charge in [0, 0.05) is 5.56 Å². The normalized spacial score (nSPS) is 14.4. The lowest BCUT2D eigenvalue weighted by atomic mass is 9.93. The first-order valence-electron chi connectivity index (χ1n) is 12.5. The molecule has 0 spiro atoms. The van der Waals surface area contributed by atoms with Crippen LogP contribution in [-0.4, -0.2) is 18.7 Å². The molecule has 0 aliphatic heterocycles. The highest BCUT2D eigenvalue weighted by Gasteiger charge is 2.52. The average molecular weight is 512 g/mol. The van der Waals surface area contributed by atoms with Crippen LogP contribution in [-0.2, 0) is 19.7 Å². The molecule has 5 rings (SSSR count). The number of hydrogen-bond acceptors (Lipinski definition) is 5. The second-order valence-corrected chi connectivity index (χ2v) is 10.1.